The number of anilines is 1. The molecule has 0 heterocycles. The predicted octanol–water partition coefficient (Wildman–Crippen LogP) is 0.859. The Labute approximate surface area is 145 Å². The topological polar surface area (TPSA) is 137 Å². The molecule has 2 amide bonds. The fourth-order valence-corrected chi connectivity index (χ4v) is 2.06. The average Bonchev–Trinajstić information content (AvgIpc) is 2.58. The zero-order chi connectivity index (χ0) is 19.0. The molecule has 1 atom stereocenters. The van der Waals surface area contributed by atoms with E-state index in [4.69, 9.17) is 16.2 Å². The van der Waals surface area contributed by atoms with E-state index in [2.05, 4.69) is 11.9 Å². The number of carboxylic acid groups (broad SMARTS) is 1. The first-order valence-corrected chi connectivity index (χ1v) is 7.59. The van der Waals surface area contributed by atoms with E-state index >= 15 is 0 Å². The Morgan fingerprint density at radius 2 is 1.92 bits per heavy atom. The highest BCUT2D eigenvalue weighted by Gasteiger charge is 2.16. The molecule has 134 valence electrons. The molecule has 5 N–H and O–H groups in total. The molecule has 0 spiro atoms. The van der Waals surface area contributed by atoms with Crippen LogP contribution in [0.4, 0.5) is 5.69 Å². The van der Waals surface area contributed by atoms with Crippen LogP contribution in [-0.2, 0) is 14.4 Å². The number of amidine groups is 1. The normalized spacial score (nSPS) is 11.2. The molecule has 1 aromatic carbocycles. The number of aliphatic carboxylic acids is 1. The minimum Gasteiger partial charge on any atom is -0.481 e. The molecule has 0 aromatic heterocycles. The van der Waals surface area contributed by atoms with Gasteiger partial charge in [0.15, 0.2) is 0 Å². The number of rotatable bonds is 9. The Hall–Kier alpha value is -3.16. The number of nitrogens with zero attached hydrogens (tertiary/aromatic N) is 1. The van der Waals surface area contributed by atoms with Gasteiger partial charge in [0.2, 0.25) is 11.8 Å². The van der Waals surface area contributed by atoms with Gasteiger partial charge in [-0.2, -0.15) is 0 Å². The lowest BCUT2D eigenvalue weighted by Crippen LogP contribution is -2.36. The maximum Gasteiger partial charge on any atom is 0.305 e. The van der Waals surface area contributed by atoms with Crippen LogP contribution in [0.2, 0.25) is 0 Å². The largest absolute Gasteiger partial charge is 0.481 e. The molecule has 0 saturated carbocycles. The second-order valence-corrected chi connectivity index (χ2v) is 5.42. The van der Waals surface area contributed by atoms with Crippen molar-refractivity contribution in [1.82, 2.24) is 5.32 Å². The maximum absolute atomic E-state index is 12.2. The molecular weight excluding hydrogens is 324 g/mol. The van der Waals surface area contributed by atoms with Crippen molar-refractivity contribution in [2.24, 2.45) is 5.73 Å². The lowest BCUT2D eigenvalue weighted by atomic mass is 10.1. The smallest absolute Gasteiger partial charge is 0.305 e. The minimum atomic E-state index is -1.05. The lowest BCUT2D eigenvalue weighted by Gasteiger charge is -2.18. The quantitative estimate of drug-likeness (QED) is 0.299. The summed E-state index contributed by atoms with van der Waals surface area (Å²) >= 11 is 0. The van der Waals surface area contributed by atoms with Crippen LogP contribution in [0, 0.1) is 5.41 Å². The van der Waals surface area contributed by atoms with Crippen molar-refractivity contribution in [3.8, 4) is 0 Å². The lowest BCUT2D eigenvalue weighted by molar-refractivity contribution is -0.137. The number of benzene rings is 1. The highest BCUT2D eigenvalue weighted by atomic mass is 16.4. The minimum absolute atomic E-state index is 0.0201. The van der Waals surface area contributed by atoms with Gasteiger partial charge >= 0.3 is 5.97 Å². The van der Waals surface area contributed by atoms with E-state index in [-0.39, 0.29) is 31.0 Å². The van der Waals surface area contributed by atoms with Crippen LogP contribution in [0.3, 0.4) is 0 Å². The monoisotopic (exact) mass is 346 g/mol. The summed E-state index contributed by atoms with van der Waals surface area (Å²) in [6, 6.07) is 5.92. The van der Waals surface area contributed by atoms with Crippen molar-refractivity contribution in [3.63, 3.8) is 0 Å². The Morgan fingerprint density at radius 1 is 1.32 bits per heavy atom. The number of nitrogens with one attached hydrogen (secondary N) is 2. The summed E-state index contributed by atoms with van der Waals surface area (Å²) < 4.78 is 0. The van der Waals surface area contributed by atoms with Crippen molar-refractivity contribution < 1.29 is 19.5 Å². The number of nitrogen functional groups attached to an aromatic ring is 1. The van der Waals surface area contributed by atoms with Crippen molar-refractivity contribution in [1.29, 1.82) is 5.41 Å². The van der Waals surface area contributed by atoms with E-state index in [1.807, 2.05) is 0 Å². The summed E-state index contributed by atoms with van der Waals surface area (Å²) in [5.74, 6) is -1.79. The number of nitrogens with two attached hydrogens (primary N) is 1. The molecule has 8 heteroatoms. The molecule has 0 aliphatic carbocycles. The Bertz CT molecular complexity index is 670. The Morgan fingerprint density at radius 3 is 2.40 bits per heavy atom. The molecule has 0 saturated heterocycles. The molecular formula is C17H22N4O4. The average molecular weight is 346 g/mol. The van der Waals surface area contributed by atoms with Gasteiger partial charge in [-0.05, 0) is 24.3 Å². The van der Waals surface area contributed by atoms with E-state index in [1.165, 1.54) is 11.0 Å². The van der Waals surface area contributed by atoms with Crippen LogP contribution in [0.15, 0.2) is 36.9 Å². The number of carboxylic acids is 1. The van der Waals surface area contributed by atoms with E-state index in [1.54, 1.807) is 31.3 Å². The van der Waals surface area contributed by atoms with Gasteiger partial charge in [-0.25, -0.2) is 0 Å². The first kappa shape index (κ1) is 19.9. The second-order valence-electron chi connectivity index (χ2n) is 5.42. The number of amides is 2. The third kappa shape index (κ3) is 6.46. The molecule has 0 radical (unpaired) electrons. The molecule has 0 aliphatic heterocycles. The van der Waals surface area contributed by atoms with Crippen LogP contribution < -0.4 is 16.0 Å². The van der Waals surface area contributed by atoms with Gasteiger partial charge in [0.05, 0.1) is 12.5 Å². The van der Waals surface area contributed by atoms with E-state index in [0.29, 0.717) is 11.3 Å². The molecule has 0 bridgehead atoms. The van der Waals surface area contributed by atoms with E-state index in [9.17, 15) is 14.4 Å². The molecule has 25 heavy (non-hydrogen) atoms. The summed E-state index contributed by atoms with van der Waals surface area (Å²) in [5, 5.41) is 18.6. The van der Waals surface area contributed by atoms with E-state index in [0.717, 1.165) is 0 Å². The van der Waals surface area contributed by atoms with Gasteiger partial charge in [0, 0.05) is 31.1 Å². The summed E-state index contributed by atoms with van der Waals surface area (Å²) in [6.07, 6.45) is 1.01. The van der Waals surface area contributed by atoms with Gasteiger partial charge < -0.3 is 21.1 Å². The first-order valence-electron chi connectivity index (χ1n) is 7.59. The fraction of sp³-hybridized carbons (Fsp3) is 0.294. The molecule has 8 nitrogen and oxygen atoms in total. The highest BCUT2D eigenvalue weighted by Crippen LogP contribution is 2.15. The summed E-state index contributed by atoms with van der Waals surface area (Å²) in [6.45, 7) is 3.47. The predicted molar refractivity (Wildman–Crippen MR) is 94.5 cm³/mol. The zero-order valence-corrected chi connectivity index (χ0v) is 14.0. The third-order valence-corrected chi connectivity index (χ3v) is 3.53. The Kier molecular flexibility index (Phi) is 7.33. The van der Waals surface area contributed by atoms with Gasteiger partial charge in [-0.1, -0.05) is 6.08 Å². The van der Waals surface area contributed by atoms with Crippen LogP contribution >= 0.6 is 0 Å². The Balaban J connectivity index is 2.54. The van der Waals surface area contributed by atoms with Gasteiger partial charge in [-0.3, -0.25) is 19.8 Å². The molecule has 0 fully saturated rings. The summed E-state index contributed by atoms with van der Waals surface area (Å²) in [7, 11) is 1.58. The van der Waals surface area contributed by atoms with Crippen LogP contribution in [0.25, 0.3) is 0 Å². The number of hydrogen-bond donors (Lipinski definition) is 4. The first-order chi connectivity index (χ1) is 11.7. The number of carbonyl (C=O) groups excluding carboxylic acids is 2. The van der Waals surface area contributed by atoms with Gasteiger partial charge in [0.1, 0.15) is 5.84 Å². The third-order valence-electron chi connectivity index (χ3n) is 3.53. The summed E-state index contributed by atoms with van der Waals surface area (Å²) in [4.78, 5) is 36.0. The number of carbonyl (C=O) groups is 3. The summed E-state index contributed by atoms with van der Waals surface area (Å²) in [5.41, 5.74) is 6.55. The zero-order valence-electron chi connectivity index (χ0n) is 14.0. The van der Waals surface area contributed by atoms with Crippen molar-refractivity contribution in [3.05, 3.63) is 42.5 Å². The maximum atomic E-state index is 12.2. The SMILES string of the molecule is C=CC(CC(=O)O)NC(=O)CCC(=O)N(C)c1ccc(C(=N)N)cc1. The number of hydrogen-bond acceptors (Lipinski definition) is 4. The van der Waals surface area contributed by atoms with E-state index < -0.39 is 17.9 Å². The van der Waals surface area contributed by atoms with Gasteiger partial charge in [-0.15, -0.1) is 6.58 Å². The standard InChI is InChI=1S/C17H22N4O4/c1-3-12(10-16(24)25)20-14(22)8-9-15(23)21(2)13-6-4-11(5-7-13)17(18)19/h3-7,12H,1,8-10H2,2H3,(H3,18,19)(H,20,22)(H,24,25). The molecule has 0 aliphatic rings. The molecule has 1 rings (SSSR count). The van der Waals surface area contributed by atoms with Crippen molar-refractivity contribution in [2.75, 3.05) is 11.9 Å². The molecule has 1 aromatic rings. The van der Waals surface area contributed by atoms with Crippen LogP contribution in [0.5, 0.6) is 0 Å². The van der Waals surface area contributed by atoms with Gasteiger partial charge in [0.25, 0.3) is 0 Å². The van der Waals surface area contributed by atoms with Crippen LogP contribution in [-0.4, -0.2) is 41.8 Å². The second kappa shape index (κ2) is 9.21. The fourth-order valence-electron chi connectivity index (χ4n) is 2.06. The van der Waals surface area contributed by atoms with Crippen molar-refractivity contribution >= 4 is 29.3 Å². The highest BCUT2D eigenvalue weighted by molar-refractivity contribution is 5.97. The van der Waals surface area contributed by atoms with Crippen LogP contribution in [0.1, 0.15) is 24.8 Å². The molecule has 1 unspecified atom stereocenters. The van der Waals surface area contributed by atoms with Crippen molar-refractivity contribution in [2.45, 2.75) is 25.3 Å².